The van der Waals surface area contributed by atoms with Gasteiger partial charge in [0.25, 0.3) is 15.7 Å². The molecule has 0 aliphatic carbocycles. The first-order valence-corrected chi connectivity index (χ1v) is 12.4. The molecule has 0 saturated heterocycles. The molecule has 196 valence electrons. The smallest absolute Gasteiger partial charge is 0.281 e. The highest BCUT2D eigenvalue weighted by Crippen LogP contribution is 2.31. The zero-order valence-corrected chi connectivity index (χ0v) is 22.0. The molecule has 0 aliphatic rings. The van der Waals surface area contributed by atoms with Crippen LogP contribution in [0.4, 0.5) is 11.4 Å². The van der Waals surface area contributed by atoms with Crippen molar-refractivity contribution in [3.8, 4) is 6.07 Å². The lowest BCUT2D eigenvalue weighted by Crippen LogP contribution is -2.27. The molecule has 0 bridgehead atoms. The third-order valence-corrected chi connectivity index (χ3v) is 7.36. The SMILES string of the molecule is CN(CCc1cccnc1)c1ccc([N+](=O)[O-])cc1S(=O)(=O)N(C)/N=C/c1cnn2ccc(C#N)cc12.Cl. The first kappa shape index (κ1) is 28.0. The molecule has 3 heterocycles. The maximum Gasteiger partial charge on any atom is 0.281 e. The number of nitrogens with zero attached hydrogens (tertiary/aromatic N) is 8. The van der Waals surface area contributed by atoms with Gasteiger partial charge in [0.05, 0.1) is 40.2 Å². The van der Waals surface area contributed by atoms with Gasteiger partial charge in [0, 0.05) is 56.9 Å². The number of benzene rings is 1. The van der Waals surface area contributed by atoms with Crippen LogP contribution in [0.3, 0.4) is 0 Å². The molecule has 0 fully saturated rings. The number of nitro benzene ring substituents is 1. The second kappa shape index (κ2) is 11.7. The van der Waals surface area contributed by atoms with Gasteiger partial charge in [-0.25, -0.2) is 4.52 Å². The number of nitriles is 1. The molecule has 0 spiro atoms. The summed E-state index contributed by atoms with van der Waals surface area (Å²) in [6, 6.07) is 12.7. The van der Waals surface area contributed by atoms with Crippen molar-refractivity contribution < 1.29 is 13.3 Å². The summed E-state index contributed by atoms with van der Waals surface area (Å²) in [5, 5.41) is 28.8. The van der Waals surface area contributed by atoms with Gasteiger partial charge >= 0.3 is 0 Å². The monoisotopic (exact) mass is 554 g/mol. The Hall–Kier alpha value is -4.54. The predicted molar refractivity (Wildman–Crippen MR) is 144 cm³/mol. The van der Waals surface area contributed by atoms with E-state index in [0.717, 1.165) is 16.0 Å². The van der Waals surface area contributed by atoms with Crippen LogP contribution in [0.25, 0.3) is 5.52 Å². The van der Waals surface area contributed by atoms with Gasteiger partial charge in [-0.1, -0.05) is 6.07 Å². The minimum atomic E-state index is -4.28. The first-order valence-electron chi connectivity index (χ1n) is 11.0. The number of halogens is 1. The Balaban J connectivity index is 0.00000400. The number of hydrazone groups is 1. The molecule has 0 aliphatic heterocycles. The molecule has 0 atom stereocenters. The van der Waals surface area contributed by atoms with E-state index < -0.39 is 14.9 Å². The van der Waals surface area contributed by atoms with Crippen LogP contribution in [0.5, 0.6) is 0 Å². The standard InChI is InChI=1S/C24H22N8O4S.ClH/c1-29(10-7-18-4-3-9-26-15-18)22-6-5-21(32(33)34)13-24(22)37(35,36)30(2)27-16-20-17-28-31-11-8-19(14-25)12-23(20)31;/h3-6,8-9,11-13,15-17H,7,10H2,1-2H3;1H/b27-16+;. The van der Waals surface area contributed by atoms with Crippen LogP contribution in [0.2, 0.25) is 0 Å². The number of fused-ring (bicyclic) bond motifs is 1. The molecule has 0 saturated carbocycles. The van der Waals surface area contributed by atoms with Crippen LogP contribution >= 0.6 is 12.4 Å². The van der Waals surface area contributed by atoms with Crippen molar-refractivity contribution in [3.05, 3.63) is 94.1 Å². The van der Waals surface area contributed by atoms with E-state index in [2.05, 4.69) is 15.2 Å². The Bertz CT molecular complexity index is 1630. The van der Waals surface area contributed by atoms with Crippen molar-refractivity contribution in [1.29, 1.82) is 5.26 Å². The molecule has 0 amide bonds. The van der Waals surface area contributed by atoms with E-state index in [1.807, 2.05) is 18.2 Å². The van der Waals surface area contributed by atoms with E-state index in [1.165, 1.54) is 36.1 Å². The average Bonchev–Trinajstić information content (AvgIpc) is 3.32. The van der Waals surface area contributed by atoms with Gasteiger partial charge in [0.2, 0.25) is 0 Å². The number of anilines is 1. The maximum absolute atomic E-state index is 13.5. The van der Waals surface area contributed by atoms with Crippen LogP contribution in [0.1, 0.15) is 16.7 Å². The summed E-state index contributed by atoms with van der Waals surface area (Å²) in [5.41, 5.74) is 2.39. The molecule has 14 heteroatoms. The zero-order chi connectivity index (χ0) is 26.6. The van der Waals surface area contributed by atoms with Crippen molar-refractivity contribution in [3.63, 3.8) is 0 Å². The summed E-state index contributed by atoms with van der Waals surface area (Å²) in [7, 11) is -1.32. The quantitative estimate of drug-likeness (QED) is 0.174. The third kappa shape index (κ3) is 5.88. The lowest BCUT2D eigenvalue weighted by atomic mass is 10.2. The second-order valence-electron chi connectivity index (χ2n) is 8.08. The van der Waals surface area contributed by atoms with Gasteiger partial charge in [-0.2, -0.15) is 28.3 Å². The molecule has 0 unspecified atom stereocenters. The van der Waals surface area contributed by atoms with E-state index in [-0.39, 0.29) is 23.0 Å². The van der Waals surface area contributed by atoms with Crippen LogP contribution in [0.15, 0.2) is 77.2 Å². The summed E-state index contributed by atoms with van der Waals surface area (Å²) in [6.45, 7) is 0.447. The topological polar surface area (TPSA) is 150 Å². The number of nitro groups is 1. The fraction of sp³-hybridized carbons (Fsp3) is 0.167. The summed E-state index contributed by atoms with van der Waals surface area (Å²) >= 11 is 0. The number of hydrogen-bond donors (Lipinski definition) is 0. The molecule has 12 nitrogen and oxygen atoms in total. The second-order valence-corrected chi connectivity index (χ2v) is 10.0. The van der Waals surface area contributed by atoms with Gasteiger partial charge in [-0.15, -0.1) is 12.4 Å². The Kier molecular flexibility index (Phi) is 8.61. The van der Waals surface area contributed by atoms with Crippen LogP contribution < -0.4 is 4.90 Å². The minimum absolute atomic E-state index is 0. The summed E-state index contributed by atoms with van der Waals surface area (Å²) in [5.74, 6) is 0. The Morgan fingerprint density at radius 2 is 2.00 bits per heavy atom. The van der Waals surface area contributed by atoms with E-state index >= 15 is 0 Å². The summed E-state index contributed by atoms with van der Waals surface area (Å²) in [6.07, 6.45) is 8.40. The minimum Gasteiger partial charge on any atom is -0.373 e. The summed E-state index contributed by atoms with van der Waals surface area (Å²) in [4.78, 5) is 16.3. The molecule has 0 N–H and O–H groups in total. The number of rotatable bonds is 9. The molecule has 0 radical (unpaired) electrons. The Morgan fingerprint density at radius 1 is 1.21 bits per heavy atom. The van der Waals surface area contributed by atoms with Gasteiger partial charge in [-0.3, -0.25) is 15.1 Å². The van der Waals surface area contributed by atoms with Gasteiger partial charge in [-0.05, 0) is 36.2 Å². The van der Waals surface area contributed by atoms with E-state index in [0.29, 0.717) is 35.3 Å². The number of hydrogen-bond acceptors (Lipinski definition) is 9. The van der Waals surface area contributed by atoms with Crippen molar-refractivity contribution in [2.75, 3.05) is 25.5 Å². The summed E-state index contributed by atoms with van der Waals surface area (Å²) < 4.78 is 29.3. The first-order chi connectivity index (χ1) is 17.7. The number of aromatic nitrogens is 3. The van der Waals surface area contributed by atoms with Crippen molar-refractivity contribution in [2.24, 2.45) is 5.10 Å². The Labute approximate surface area is 225 Å². The predicted octanol–water partition coefficient (Wildman–Crippen LogP) is 3.26. The number of pyridine rings is 2. The molecular weight excluding hydrogens is 532 g/mol. The maximum atomic E-state index is 13.5. The largest absolute Gasteiger partial charge is 0.373 e. The van der Waals surface area contributed by atoms with Crippen molar-refractivity contribution >= 4 is 45.5 Å². The highest BCUT2D eigenvalue weighted by molar-refractivity contribution is 7.89. The van der Waals surface area contributed by atoms with Crippen LogP contribution in [-0.2, 0) is 16.4 Å². The molecule has 38 heavy (non-hydrogen) atoms. The Morgan fingerprint density at radius 3 is 2.68 bits per heavy atom. The fourth-order valence-electron chi connectivity index (χ4n) is 3.62. The number of sulfonamides is 1. The third-order valence-electron chi connectivity index (χ3n) is 5.69. The van der Waals surface area contributed by atoms with Crippen molar-refractivity contribution in [1.82, 2.24) is 19.0 Å². The van der Waals surface area contributed by atoms with Crippen molar-refractivity contribution in [2.45, 2.75) is 11.3 Å². The van der Waals surface area contributed by atoms with E-state index in [4.69, 9.17) is 5.26 Å². The fourth-order valence-corrected chi connectivity index (χ4v) is 4.83. The zero-order valence-electron chi connectivity index (χ0n) is 20.4. The lowest BCUT2D eigenvalue weighted by molar-refractivity contribution is -0.385. The lowest BCUT2D eigenvalue weighted by Gasteiger charge is -2.24. The molecule has 4 aromatic rings. The van der Waals surface area contributed by atoms with Gasteiger partial charge in [0.1, 0.15) is 4.90 Å². The van der Waals surface area contributed by atoms with E-state index in [1.54, 1.807) is 42.7 Å². The van der Waals surface area contributed by atoms with Gasteiger partial charge in [0.15, 0.2) is 0 Å². The average molecular weight is 555 g/mol. The number of likely N-dealkylation sites (N-methyl/N-ethyl adjacent to an activating group) is 1. The van der Waals surface area contributed by atoms with Crippen LogP contribution in [0, 0.1) is 21.4 Å². The highest BCUT2D eigenvalue weighted by Gasteiger charge is 2.27. The molecule has 1 aromatic carbocycles. The van der Waals surface area contributed by atoms with Crippen LogP contribution in [-0.4, -0.2) is 59.2 Å². The molecule has 4 rings (SSSR count). The normalized spacial score (nSPS) is 11.2. The van der Waals surface area contributed by atoms with E-state index in [9.17, 15) is 18.5 Å². The molecular formula is C24H23ClN8O4S. The highest BCUT2D eigenvalue weighted by atomic mass is 35.5. The molecule has 3 aromatic heterocycles. The number of non-ortho nitro benzene ring substituents is 1. The van der Waals surface area contributed by atoms with Gasteiger partial charge < -0.3 is 4.90 Å².